The van der Waals surface area contributed by atoms with Crippen LogP contribution >= 0.6 is 0 Å². The van der Waals surface area contributed by atoms with E-state index in [1.807, 2.05) is 38.1 Å². The molecule has 0 saturated carbocycles. The number of rotatable bonds is 8. The van der Waals surface area contributed by atoms with Crippen LogP contribution in [0.1, 0.15) is 47.7 Å². The van der Waals surface area contributed by atoms with Gasteiger partial charge in [0.25, 0.3) is 0 Å². The molecular weight excluding hydrogens is 456 g/mol. The molecule has 4 rings (SSSR count). The van der Waals surface area contributed by atoms with Crippen molar-refractivity contribution in [1.82, 2.24) is 5.32 Å². The van der Waals surface area contributed by atoms with Crippen LogP contribution in [0, 0.1) is 5.92 Å². The number of anilines is 1. The molecular formula is C29H30N2O5. The van der Waals surface area contributed by atoms with Gasteiger partial charge in [0, 0.05) is 5.92 Å². The number of hydrogen-bond donors (Lipinski definition) is 2. The van der Waals surface area contributed by atoms with Gasteiger partial charge in [-0.1, -0.05) is 74.5 Å². The number of benzene rings is 3. The summed E-state index contributed by atoms with van der Waals surface area (Å²) in [6.45, 7) is 4.07. The summed E-state index contributed by atoms with van der Waals surface area (Å²) < 4.78 is 10.4. The Kier molecular flexibility index (Phi) is 7.68. The number of para-hydroxylation sites is 1. The quantitative estimate of drug-likeness (QED) is 0.418. The fourth-order valence-corrected chi connectivity index (χ4v) is 4.59. The first kappa shape index (κ1) is 25.0. The topological polar surface area (TPSA) is 93.7 Å². The molecule has 0 aliphatic heterocycles. The second-order valence-corrected chi connectivity index (χ2v) is 9.18. The Labute approximate surface area is 210 Å². The first-order valence-electron chi connectivity index (χ1n) is 12.0. The van der Waals surface area contributed by atoms with Crippen LogP contribution in [0.2, 0.25) is 0 Å². The zero-order chi connectivity index (χ0) is 25.7. The molecule has 2 amide bonds. The zero-order valence-electron chi connectivity index (χ0n) is 20.6. The molecule has 0 spiro atoms. The van der Waals surface area contributed by atoms with Crippen molar-refractivity contribution in [1.29, 1.82) is 0 Å². The van der Waals surface area contributed by atoms with E-state index in [0.717, 1.165) is 22.3 Å². The number of alkyl carbamates (subject to hydrolysis) is 1. The molecule has 1 aliphatic carbocycles. The number of fused-ring (bicyclic) bond motifs is 3. The molecule has 0 radical (unpaired) electrons. The van der Waals surface area contributed by atoms with Crippen LogP contribution in [0.4, 0.5) is 10.5 Å². The number of amides is 2. The van der Waals surface area contributed by atoms with Crippen LogP contribution in [0.25, 0.3) is 11.1 Å². The highest BCUT2D eigenvalue weighted by molar-refractivity contribution is 6.03. The summed E-state index contributed by atoms with van der Waals surface area (Å²) in [5.74, 6) is -0.942. The summed E-state index contributed by atoms with van der Waals surface area (Å²) in [6, 6.07) is 21.9. The minimum absolute atomic E-state index is 0.0764. The average Bonchev–Trinajstić information content (AvgIpc) is 3.20. The van der Waals surface area contributed by atoms with E-state index >= 15 is 0 Å². The van der Waals surface area contributed by atoms with E-state index in [2.05, 4.69) is 34.9 Å². The highest BCUT2D eigenvalue weighted by Gasteiger charge is 2.30. The number of hydrogen-bond acceptors (Lipinski definition) is 5. The molecule has 36 heavy (non-hydrogen) atoms. The second-order valence-electron chi connectivity index (χ2n) is 9.18. The van der Waals surface area contributed by atoms with Gasteiger partial charge in [0.15, 0.2) is 0 Å². The smallest absolute Gasteiger partial charge is 0.407 e. The molecule has 0 fully saturated rings. The van der Waals surface area contributed by atoms with Gasteiger partial charge < -0.3 is 20.1 Å². The lowest BCUT2D eigenvalue weighted by atomic mass is 9.98. The average molecular weight is 487 g/mol. The van der Waals surface area contributed by atoms with Crippen molar-refractivity contribution in [3.63, 3.8) is 0 Å². The van der Waals surface area contributed by atoms with Crippen molar-refractivity contribution in [2.75, 3.05) is 19.0 Å². The summed E-state index contributed by atoms with van der Waals surface area (Å²) in [4.78, 5) is 38.0. The third-order valence-electron chi connectivity index (χ3n) is 6.25. The van der Waals surface area contributed by atoms with Gasteiger partial charge in [0.2, 0.25) is 5.91 Å². The van der Waals surface area contributed by atoms with Crippen molar-refractivity contribution in [2.24, 2.45) is 5.92 Å². The maximum absolute atomic E-state index is 13.1. The van der Waals surface area contributed by atoms with Crippen LogP contribution < -0.4 is 10.6 Å². The molecule has 0 unspecified atom stereocenters. The van der Waals surface area contributed by atoms with E-state index in [0.29, 0.717) is 12.1 Å². The van der Waals surface area contributed by atoms with Crippen molar-refractivity contribution in [2.45, 2.75) is 32.2 Å². The number of carbonyl (C=O) groups excluding carboxylic acids is 3. The number of methoxy groups -OCH3 is 1. The maximum Gasteiger partial charge on any atom is 0.407 e. The zero-order valence-corrected chi connectivity index (χ0v) is 20.6. The van der Waals surface area contributed by atoms with Crippen molar-refractivity contribution < 1.29 is 23.9 Å². The fraction of sp³-hybridized carbons (Fsp3) is 0.276. The van der Waals surface area contributed by atoms with Crippen LogP contribution in [-0.2, 0) is 14.3 Å². The Morgan fingerprint density at radius 3 is 2.06 bits per heavy atom. The van der Waals surface area contributed by atoms with Gasteiger partial charge in [0.05, 0.1) is 18.4 Å². The predicted octanol–water partition coefficient (Wildman–Crippen LogP) is 5.37. The van der Waals surface area contributed by atoms with Gasteiger partial charge in [-0.05, 0) is 46.7 Å². The minimum atomic E-state index is -0.841. The Balaban J connectivity index is 1.44. The highest BCUT2D eigenvalue weighted by Crippen LogP contribution is 2.44. The Morgan fingerprint density at radius 1 is 0.861 bits per heavy atom. The van der Waals surface area contributed by atoms with E-state index in [9.17, 15) is 14.4 Å². The third-order valence-corrected chi connectivity index (χ3v) is 6.25. The minimum Gasteiger partial charge on any atom is -0.465 e. The molecule has 1 aliphatic rings. The predicted molar refractivity (Wildman–Crippen MR) is 138 cm³/mol. The van der Waals surface area contributed by atoms with Gasteiger partial charge in [-0.2, -0.15) is 0 Å². The third kappa shape index (κ3) is 5.40. The van der Waals surface area contributed by atoms with Crippen molar-refractivity contribution >= 4 is 23.7 Å². The molecule has 7 heteroatoms. The van der Waals surface area contributed by atoms with Gasteiger partial charge in [-0.3, -0.25) is 4.79 Å². The van der Waals surface area contributed by atoms with Gasteiger partial charge in [-0.25, -0.2) is 9.59 Å². The normalized spacial score (nSPS) is 12.9. The van der Waals surface area contributed by atoms with E-state index in [-0.39, 0.29) is 24.0 Å². The molecule has 186 valence electrons. The molecule has 0 heterocycles. The lowest BCUT2D eigenvalue weighted by Gasteiger charge is -2.21. The largest absolute Gasteiger partial charge is 0.465 e. The molecule has 2 N–H and O–H groups in total. The van der Waals surface area contributed by atoms with Crippen LogP contribution in [0.5, 0.6) is 0 Å². The SMILES string of the molecule is COC(=O)c1ccccc1NC(=O)[C@H](CC(C)C)NC(=O)OCC1c2ccccc2-c2ccccc21. The molecule has 0 bridgehead atoms. The van der Waals surface area contributed by atoms with E-state index < -0.39 is 24.0 Å². The standard InChI is InChI=1S/C29H30N2O5/c1-18(2)16-26(27(32)30-25-15-9-8-14-23(25)28(33)35-3)31-29(34)36-17-24-21-12-6-4-10-19(21)20-11-5-7-13-22(20)24/h4-15,18,24,26H,16-17H2,1-3H3,(H,30,32)(H,31,34)/t26-/m0/s1. The second kappa shape index (κ2) is 11.1. The lowest BCUT2D eigenvalue weighted by Crippen LogP contribution is -2.45. The first-order valence-corrected chi connectivity index (χ1v) is 12.0. The van der Waals surface area contributed by atoms with E-state index in [1.165, 1.54) is 7.11 Å². The van der Waals surface area contributed by atoms with Gasteiger partial charge in [0.1, 0.15) is 12.6 Å². The summed E-state index contributed by atoms with van der Waals surface area (Å²) >= 11 is 0. The fourth-order valence-electron chi connectivity index (χ4n) is 4.59. The Hall–Kier alpha value is -4.13. The number of carbonyl (C=O) groups is 3. The number of esters is 1. The van der Waals surface area contributed by atoms with Gasteiger partial charge in [-0.15, -0.1) is 0 Å². The molecule has 0 saturated heterocycles. The number of nitrogens with one attached hydrogen (secondary N) is 2. The summed E-state index contributed by atoms with van der Waals surface area (Å²) in [6.07, 6.45) is -0.268. The Bertz CT molecular complexity index is 1220. The van der Waals surface area contributed by atoms with Crippen LogP contribution in [-0.4, -0.2) is 37.7 Å². The van der Waals surface area contributed by atoms with Crippen LogP contribution in [0.15, 0.2) is 72.8 Å². The monoisotopic (exact) mass is 486 g/mol. The maximum atomic E-state index is 13.1. The molecule has 3 aromatic rings. The first-order chi connectivity index (χ1) is 17.4. The molecule has 7 nitrogen and oxygen atoms in total. The molecule has 3 aromatic carbocycles. The van der Waals surface area contributed by atoms with E-state index in [1.54, 1.807) is 24.3 Å². The number of ether oxygens (including phenoxy) is 2. The molecule has 0 aromatic heterocycles. The summed E-state index contributed by atoms with van der Waals surface area (Å²) in [7, 11) is 1.28. The van der Waals surface area contributed by atoms with Gasteiger partial charge >= 0.3 is 12.1 Å². The van der Waals surface area contributed by atoms with Crippen molar-refractivity contribution in [3.8, 4) is 11.1 Å². The van der Waals surface area contributed by atoms with E-state index in [4.69, 9.17) is 9.47 Å². The highest BCUT2D eigenvalue weighted by atomic mass is 16.5. The summed E-state index contributed by atoms with van der Waals surface area (Å²) in [5.41, 5.74) is 5.06. The lowest BCUT2D eigenvalue weighted by molar-refractivity contribution is -0.118. The summed E-state index contributed by atoms with van der Waals surface area (Å²) in [5, 5.41) is 5.46. The van der Waals surface area contributed by atoms with Crippen LogP contribution in [0.3, 0.4) is 0 Å². The Morgan fingerprint density at radius 2 is 1.44 bits per heavy atom. The van der Waals surface area contributed by atoms with Crippen molar-refractivity contribution in [3.05, 3.63) is 89.5 Å². The molecule has 1 atom stereocenters.